The first kappa shape index (κ1) is 17.9. The lowest BCUT2D eigenvalue weighted by Crippen LogP contribution is -1.96. The normalized spacial score (nSPS) is 10.2. The van der Waals surface area contributed by atoms with Crippen molar-refractivity contribution in [1.29, 1.82) is 0 Å². The SMILES string of the molecule is CNc1ccc(Nc2c3ccc(N=[N+]=[N-])cc3nc3cc(N=[N+]=[N-])ccc23)cc1. The van der Waals surface area contributed by atoms with Gasteiger partial charge >= 0.3 is 0 Å². The van der Waals surface area contributed by atoms with Gasteiger partial charge in [0.05, 0.1) is 16.7 Å². The second kappa shape index (κ2) is 7.66. The van der Waals surface area contributed by atoms with Crippen molar-refractivity contribution in [3.63, 3.8) is 0 Å². The Morgan fingerprint density at radius 2 is 1.28 bits per heavy atom. The van der Waals surface area contributed by atoms with Crippen LogP contribution in [0.1, 0.15) is 0 Å². The molecule has 0 atom stereocenters. The largest absolute Gasteiger partial charge is 0.388 e. The molecular formula is C20H15N9. The van der Waals surface area contributed by atoms with Crippen LogP contribution in [-0.4, -0.2) is 12.0 Å². The van der Waals surface area contributed by atoms with Gasteiger partial charge in [0.2, 0.25) is 0 Å². The summed E-state index contributed by atoms with van der Waals surface area (Å²) in [7, 11) is 1.87. The number of benzene rings is 3. The molecule has 0 aliphatic carbocycles. The molecule has 2 N–H and O–H groups in total. The number of hydrogen-bond donors (Lipinski definition) is 2. The van der Waals surface area contributed by atoms with Gasteiger partial charge in [-0.05, 0) is 47.5 Å². The molecule has 0 bridgehead atoms. The van der Waals surface area contributed by atoms with Crippen molar-refractivity contribution in [1.82, 2.24) is 4.98 Å². The van der Waals surface area contributed by atoms with Crippen LogP contribution in [-0.2, 0) is 0 Å². The molecule has 0 fully saturated rings. The first-order valence-corrected chi connectivity index (χ1v) is 8.74. The Kier molecular flexibility index (Phi) is 4.74. The van der Waals surface area contributed by atoms with Crippen LogP contribution in [0.15, 0.2) is 70.9 Å². The number of nitrogens with one attached hydrogen (secondary N) is 2. The molecule has 0 saturated carbocycles. The molecule has 9 heteroatoms. The minimum atomic E-state index is 0.474. The smallest absolute Gasteiger partial charge is 0.0735 e. The Bertz CT molecular complexity index is 1240. The standard InChI is InChI=1S/C20H15N9/c1-23-12-2-4-13(5-3-12)24-20-16-8-6-14(26-28-21)10-18(16)25-19-11-15(27-29-22)7-9-17(19)20/h2-11,23H,1H3,(H,24,25). The van der Waals surface area contributed by atoms with Crippen LogP contribution >= 0.6 is 0 Å². The van der Waals surface area contributed by atoms with Crippen LogP contribution in [0.4, 0.5) is 28.4 Å². The Morgan fingerprint density at radius 1 is 0.759 bits per heavy atom. The Hall–Kier alpha value is -4.45. The molecule has 0 radical (unpaired) electrons. The highest BCUT2D eigenvalue weighted by atomic mass is 15.1. The molecule has 9 nitrogen and oxygen atoms in total. The van der Waals surface area contributed by atoms with E-state index >= 15 is 0 Å². The second-order valence-corrected chi connectivity index (χ2v) is 6.22. The zero-order valence-corrected chi connectivity index (χ0v) is 15.4. The van der Waals surface area contributed by atoms with E-state index in [1.54, 1.807) is 24.3 Å². The molecule has 0 aliphatic heterocycles. The number of fused-ring (bicyclic) bond motifs is 2. The average Bonchev–Trinajstić information content (AvgIpc) is 2.74. The Balaban J connectivity index is 1.95. The van der Waals surface area contributed by atoms with Crippen LogP contribution < -0.4 is 10.6 Å². The molecule has 0 aliphatic rings. The number of rotatable bonds is 5. The van der Waals surface area contributed by atoms with E-state index in [9.17, 15) is 0 Å². The summed E-state index contributed by atoms with van der Waals surface area (Å²) in [6.07, 6.45) is 0. The summed E-state index contributed by atoms with van der Waals surface area (Å²) >= 11 is 0. The van der Waals surface area contributed by atoms with Gasteiger partial charge in [0.15, 0.2) is 0 Å². The molecule has 0 unspecified atom stereocenters. The molecule has 1 heterocycles. The fourth-order valence-corrected chi connectivity index (χ4v) is 3.15. The predicted octanol–water partition coefficient (Wildman–Crippen LogP) is 7.06. The maximum atomic E-state index is 8.73. The van der Waals surface area contributed by atoms with E-state index in [2.05, 4.69) is 35.7 Å². The molecular weight excluding hydrogens is 366 g/mol. The first-order valence-electron chi connectivity index (χ1n) is 8.74. The third-order valence-corrected chi connectivity index (χ3v) is 4.51. The van der Waals surface area contributed by atoms with E-state index < -0.39 is 0 Å². The van der Waals surface area contributed by atoms with Crippen molar-refractivity contribution >= 4 is 50.2 Å². The monoisotopic (exact) mass is 381 g/mol. The molecule has 0 amide bonds. The van der Waals surface area contributed by atoms with Crippen molar-refractivity contribution in [3.8, 4) is 0 Å². The number of azide groups is 2. The molecule has 140 valence electrons. The molecule has 0 saturated heterocycles. The summed E-state index contributed by atoms with van der Waals surface area (Å²) in [4.78, 5) is 10.4. The van der Waals surface area contributed by atoms with Crippen LogP contribution in [0, 0.1) is 0 Å². The fourth-order valence-electron chi connectivity index (χ4n) is 3.15. The lowest BCUT2D eigenvalue weighted by molar-refractivity contribution is 1.43. The summed E-state index contributed by atoms with van der Waals surface area (Å²) in [5.74, 6) is 0. The van der Waals surface area contributed by atoms with Gasteiger partial charge in [0.1, 0.15) is 0 Å². The second-order valence-electron chi connectivity index (χ2n) is 6.22. The minimum Gasteiger partial charge on any atom is -0.388 e. The zero-order valence-electron chi connectivity index (χ0n) is 15.4. The van der Waals surface area contributed by atoms with Gasteiger partial charge in [0.25, 0.3) is 0 Å². The average molecular weight is 381 g/mol. The number of nitrogens with zero attached hydrogens (tertiary/aromatic N) is 7. The number of aromatic nitrogens is 1. The van der Waals surface area contributed by atoms with Gasteiger partial charge < -0.3 is 10.6 Å². The summed E-state index contributed by atoms with van der Waals surface area (Å²) in [6, 6.07) is 18.6. The van der Waals surface area contributed by atoms with E-state index in [1.807, 2.05) is 43.4 Å². The third kappa shape index (κ3) is 3.54. The lowest BCUT2D eigenvalue weighted by atomic mass is 10.1. The Labute approximate surface area is 165 Å². The fraction of sp³-hybridized carbons (Fsp3) is 0.0500. The highest BCUT2D eigenvalue weighted by molar-refractivity contribution is 6.09. The molecule has 3 aromatic carbocycles. The summed E-state index contributed by atoms with van der Waals surface area (Å²) in [5.41, 5.74) is 22.5. The van der Waals surface area contributed by atoms with Gasteiger partial charge in [-0.2, -0.15) is 0 Å². The van der Waals surface area contributed by atoms with Crippen molar-refractivity contribution in [2.24, 2.45) is 10.2 Å². The Morgan fingerprint density at radius 3 is 1.76 bits per heavy atom. The van der Waals surface area contributed by atoms with Gasteiger partial charge in [-0.25, -0.2) is 4.98 Å². The van der Waals surface area contributed by atoms with E-state index in [4.69, 9.17) is 11.1 Å². The summed E-state index contributed by atoms with van der Waals surface area (Å²) < 4.78 is 0. The van der Waals surface area contributed by atoms with Crippen LogP contribution in [0.25, 0.3) is 42.7 Å². The third-order valence-electron chi connectivity index (χ3n) is 4.51. The van der Waals surface area contributed by atoms with Gasteiger partial charge in [-0.15, -0.1) is 0 Å². The van der Waals surface area contributed by atoms with Crippen LogP contribution in [0.5, 0.6) is 0 Å². The summed E-state index contributed by atoms with van der Waals surface area (Å²) in [5, 5.41) is 15.6. The molecule has 4 rings (SSSR count). The van der Waals surface area contributed by atoms with E-state index in [-0.39, 0.29) is 0 Å². The van der Waals surface area contributed by atoms with Crippen LogP contribution in [0.2, 0.25) is 0 Å². The van der Waals surface area contributed by atoms with Crippen molar-refractivity contribution in [2.45, 2.75) is 0 Å². The number of pyridine rings is 1. The first-order chi connectivity index (χ1) is 14.2. The quantitative estimate of drug-likeness (QED) is 0.166. The van der Waals surface area contributed by atoms with Gasteiger partial charge in [-0.3, -0.25) is 0 Å². The number of anilines is 3. The van der Waals surface area contributed by atoms with Crippen LogP contribution in [0.3, 0.4) is 0 Å². The van der Waals surface area contributed by atoms with Crippen molar-refractivity contribution < 1.29 is 0 Å². The van der Waals surface area contributed by atoms with E-state index in [1.165, 1.54) is 0 Å². The van der Waals surface area contributed by atoms with E-state index in [0.29, 0.717) is 22.4 Å². The van der Waals surface area contributed by atoms with Gasteiger partial charge in [0, 0.05) is 50.4 Å². The van der Waals surface area contributed by atoms with E-state index in [0.717, 1.165) is 27.8 Å². The highest BCUT2D eigenvalue weighted by Gasteiger charge is 2.11. The zero-order chi connectivity index (χ0) is 20.2. The molecule has 1 aromatic heterocycles. The predicted molar refractivity (Wildman–Crippen MR) is 116 cm³/mol. The topological polar surface area (TPSA) is 134 Å². The highest BCUT2D eigenvalue weighted by Crippen LogP contribution is 2.36. The number of hydrogen-bond acceptors (Lipinski definition) is 5. The minimum absolute atomic E-state index is 0.474. The van der Waals surface area contributed by atoms with Crippen molar-refractivity contribution in [2.75, 3.05) is 17.7 Å². The molecule has 4 aromatic rings. The maximum Gasteiger partial charge on any atom is 0.0735 e. The lowest BCUT2D eigenvalue weighted by Gasteiger charge is -2.14. The van der Waals surface area contributed by atoms with Gasteiger partial charge in [-0.1, -0.05) is 34.5 Å². The van der Waals surface area contributed by atoms with Crippen molar-refractivity contribution in [3.05, 3.63) is 81.5 Å². The summed E-state index contributed by atoms with van der Waals surface area (Å²) in [6.45, 7) is 0. The maximum absolute atomic E-state index is 8.73. The molecule has 0 spiro atoms. The molecule has 29 heavy (non-hydrogen) atoms.